The molecule has 1 aliphatic rings. The molecule has 0 bridgehead atoms. The molecule has 1 aromatic heterocycles. The van der Waals surface area contributed by atoms with Crippen molar-refractivity contribution in [2.45, 2.75) is 45.8 Å². The summed E-state index contributed by atoms with van der Waals surface area (Å²) in [5.41, 5.74) is 0. The minimum absolute atomic E-state index is 0.770. The Hall–Kier alpha value is -0.420. The Morgan fingerprint density at radius 2 is 2.00 bits per heavy atom. The molecule has 0 aromatic carbocycles. The van der Waals surface area contributed by atoms with E-state index in [9.17, 15) is 0 Å². The highest BCUT2D eigenvalue weighted by molar-refractivity contribution is 7.11. The Morgan fingerprint density at radius 1 is 1.20 bits per heavy atom. The Balaban J connectivity index is 1.56. The maximum absolute atomic E-state index is 5.81. The number of nitrogens with one attached hydrogen (secondary N) is 1. The van der Waals surface area contributed by atoms with Gasteiger partial charge in [0, 0.05) is 22.8 Å². The average molecular weight is 296 g/mol. The van der Waals surface area contributed by atoms with E-state index in [2.05, 4.69) is 29.3 Å². The highest BCUT2D eigenvalue weighted by atomic mass is 32.1. The van der Waals surface area contributed by atoms with Gasteiger partial charge in [0.1, 0.15) is 0 Å². The maximum Gasteiger partial charge on any atom is 0.0810 e. The SMILES string of the molecule is CCCNCc1ccc(COCCN2CCCCC2)s1. The monoisotopic (exact) mass is 296 g/mol. The van der Waals surface area contributed by atoms with E-state index in [-0.39, 0.29) is 0 Å². The number of piperidine rings is 1. The number of hydrogen-bond donors (Lipinski definition) is 1. The van der Waals surface area contributed by atoms with Gasteiger partial charge in [-0.3, -0.25) is 0 Å². The Labute approximate surface area is 127 Å². The summed E-state index contributed by atoms with van der Waals surface area (Å²) in [5.74, 6) is 0. The molecule has 0 amide bonds. The van der Waals surface area contributed by atoms with Crippen LogP contribution in [0.1, 0.15) is 42.4 Å². The highest BCUT2D eigenvalue weighted by Crippen LogP contribution is 2.17. The summed E-state index contributed by atoms with van der Waals surface area (Å²) in [6, 6.07) is 4.42. The third kappa shape index (κ3) is 5.92. The first-order valence-corrected chi connectivity index (χ1v) is 8.78. The van der Waals surface area contributed by atoms with Gasteiger partial charge in [-0.2, -0.15) is 0 Å². The molecule has 2 rings (SSSR count). The molecule has 1 saturated heterocycles. The zero-order valence-electron chi connectivity index (χ0n) is 12.7. The fourth-order valence-electron chi connectivity index (χ4n) is 2.53. The minimum Gasteiger partial charge on any atom is -0.375 e. The van der Waals surface area contributed by atoms with Crippen molar-refractivity contribution in [3.63, 3.8) is 0 Å². The van der Waals surface area contributed by atoms with Gasteiger partial charge >= 0.3 is 0 Å². The predicted molar refractivity (Wildman–Crippen MR) is 86.3 cm³/mol. The third-order valence-corrected chi connectivity index (χ3v) is 4.75. The first kappa shape index (κ1) is 16.0. The van der Waals surface area contributed by atoms with Gasteiger partial charge in [-0.1, -0.05) is 13.3 Å². The van der Waals surface area contributed by atoms with Gasteiger partial charge in [-0.25, -0.2) is 0 Å². The largest absolute Gasteiger partial charge is 0.375 e. The number of likely N-dealkylation sites (tertiary alicyclic amines) is 1. The molecule has 114 valence electrons. The van der Waals surface area contributed by atoms with E-state index < -0.39 is 0 Å². The van der Waals surface area contributed by atoms with Crippen LogP contribution in [0.3, 0.4) is 0 Å². The topological polar surface area (TPSA) is 24.5 Å². The van der Waals surface area contributed by atoms with Crippen molar-refractivity contribution < 1.29 is 4.74 Å². The fraction of sp³-hybridized carbons (Fsp3) is 0.750. The Bertz CT molecular complexity index is 361. The molecule has 1 aromatic rings. The summed E-state index contributed by atoms with van der Waals surface area (Å²) < 4.78 is 5.81. The van der Waals surface area contributed by atoms with Crippen molar-refractivity contribution in [3.8, 4) is 0 Å². The van der Waals surface area contributed by atoms with Crippen molar-refractivity contribution in [1.82, 2.24) is 10.2 Å². The second kappa shape index (κ2) is 9.50. The summed E-state index contributed by atoms with van der Waals surface area (Å²) >= 11 is 1.87. The number of hydrogen-bond acceptors (Lipinski definition) is 4. The van der Waals surface area contributed by atoms with Crippen LogP contribution in [-0.4, -0.2) is 37.7 Å². The fourth-order valence-corrected chi connectivity index (χ4v) is 3.46. The van der Waals surface area contributed by atoms with Gasteiger partial charge in [0.2, 0.25) is 0 Å². The Morgan fingerprint density at radius 3 is 2.80 bits per heavy atom. The molecule has 3 nitrogen and oxygen atoms in total. The van der Waals surface area contributed by atoms with Crippen molar-refractivity contribution in [3.05, 3.63) is 21.9 Å². The van der Waals surface area contributed by atoms with E-state index in [1.807, 2.05) is 11.3 Å². The normalized spacial score (nSPS) is 16.6. The van der Waals surface area contributed by atoms with Gasteiger partial charge in [0.25, 0.3) is 0 Å². The number of rotatable bonds is 9. The van der Waals surface area contributed by atoms with Crippen molar-refractivity contribution in [2.24, 2.45) is 0 Å². The molecular formula is C16H28N2OS. The molecule has 4 heteroatoms. The van der Waals surface area contributed by atoms with E-state index in [1.165, 1.54) is 48.5 Å². The molecule has 1 aliphatic heterocycles. The van der Waals surface area contributed by atoms with E-state index in [4.69, 9.17) is 4.74 Å². The maximum atomic E-state index is 5.81. The predicted octanol–water partition coefficient (Wildman–Crippen LogP) is 3.25. The molecule has 0 unspecified atom stereocenters. The summed E-state index contributed by atoms with van der Waals surface area (Å²) in [4.78, 5) is 5.28. The summed E-state index contributed by atoms with van der Waals surface area (Å²) in [7, 11) is 0. The molecule has 0 radical (unpaired) electrons. The molecule has 0 aliphatic carbocycles. The smallest absolute Gasteiger partial charge is 0.0810 e. The van der Waals surface area contributed by atoms with Crippen LogP contribution < -0.4 is 5.32 Å². The molecule has 1 N–H and O–H groups in total. The molecule has 0 saturated carbocycles. The van der Waals surface area contributed by atoms with Gasteiger partial charge in [0.15, 0.2) is 0 Å². The van der Waals surface area contributed by atoms with Crippen LogP contribution in [0.5, 0.6) is 0 Å². The van der Waals surface area contributed by atoms with Crippen LogP contribution in [-0.2, 0) is 17.9 Å². The molecule has 0 spiro atoms. The van der Waals surface area contributed by atoms with Crippen LogP contribution in [0, 0.1) is 0 Å². The number of nitrogens with zero attached hydrogens (tertiary/aromatic N) is 1. The molecule has 0 atom stereocenters. The zero-order valence-corrected chi connectivity index (χ0v) is 13.5. The minimum atomic E-state index is 0.770. The van der Waals surface area contributed by atoms with Crippen LogP contribution in [0.4, 0.5) is 0 Å². The lowest BCUT2D eigenvalue weighted by Gasteiger charge is -2.26. The van der Waals surface area contributed by atoms with Crippen molar-refractivity contribution >= 4 is 11.3 Å². The highest BCUT2D eigenvalue weighted by Gasteiger charge is 2.09. The van der Waals surface area contributed by atoms with Gasteiger partial charge in [-0.05, 0) is 51.0 Å². The van der Waals surface area contributed by atoms with E-state index in [0.717, 1.165) is 32.8 Å². The van der Waals surface area contributed by atoms with Crippen molar-refractivity contribution in [2.75, 3.05) is 32.8 Å². The Kier molecular flexibility index (Phi) is 7.58. The van der Waals surface area contributed by atoms with Gasteiger partial charge in [-0.15, -0.1) is 11.3 Å². The first-order valence-electron chi connectivity index (χ1n) is 7.97. The second-order valence-electron chi connectivity index (χ2n) is 5.50. The lowest BCUT2D eigenvalue weighted by atomic mass is 10.1. The number of ether oxygens (including phenoxy) is 1. The molecule has 1 fully saturated rings. The molecule has 2 heterocycles. The van der Waals surface area contributed by atoms with E-state index in [1.54, 1.807) is 0 Å². The third-order valence-electron chi connectivity index (χ3n) is 3.69. The molecular weight excluding hydrogens is 268 g/mol. The average Bonchev–Trinajstić information content (AvgIpc) is 2.93. The van der Waals surface area contributed by atoms with Gasteiger partial charge in [0.05, 0.1) is 13.2 Å². The molecule has 20 heavy (non-hydrogen) atoms. The zero-order chi connectivity index (χ0) is 14.0. The van der Waals surface area contributed by atoms with E-state index >= 15 is 0 Å². The lowest BCUT2D eigenvalue weighted by Crippen LogP contribution is -2.32. The summed E-state index contributed by atoms with van der Waals surface area (Å²) in [6.07, 6.45) is 5.32. The summed E-state index contributed by atoms with van der Waals surface area (Å²) in [6.45, 7) is 9.53. The number of thiophene rings is 1. The summed E-state index contributed by atoms with van der Waals surface area (Å²) in [5, 5.41) is 3.44. The second-order valence-corrected chi connectivity index (χ2v) is 6.75. The standard InChI is InChI=1S/C16H28N2OS/c1-2-8-17-13-15-6-7-16(20-15)14-19-12-11-18-9-4-3-5-10-18/h6-7,17H,2-5,8-14H2,1H3. The lowest BCUT2D eigenvalue weighted by molar-refractivity contribution is 0.0878. The van der Waals surface area contributed by atoms with Crippen molar-refractivity contribution in [1.29, 1.82) is 0 Å². The van der Waals surface area contributed by atoms with Gasteiger partial charge < -0.3 is 15.0 Å². The van der Waals surface area contributed by atoms with Crippen LogP contribution >= 0.6 is 11.3 Å². The van der Waals surface area contributed by atoms with Crippen LogP contribution in [0.25, 0.3) is 0 Å². The van der Waals surface area contributed by atoms with Crippen LogP contribution in [0.15, 0.2) is 12.1 Å². The van der Waals surface area contributed by atoms with E-state index in [0.29, 0.717) is 0 Å². The first-order chi connectivity index (χ1) is 9.88. The van der Waals surface area contributed by atoms with Crippen LogP contribution in [0.2, 0.25) is 0 Å². The quantitative estimate of drug-likeness (QED) is 0.708.